The van der Waals surface area contributed by atoms with Gasteiger partial charge in [0.25, 0.3) is 0 Å². The van der Waals surface area contributed by atoms with Crippen molar-refractivity contribution in [2.75, 3.05) is 26.3 Å². The quantitative estimate of drug-likeness (QED) is 0.707. The minimum absolute atomic E-state index is 0.208. The maximum absolute atomic E-state index is 9.71. The van der Waals surface area contributed by atoms with E-state index in [-0.39, 0.29) is 6.10 Å². The summed E-state index contributed by atoms with van der Waals surface area (Å²) in [5, 5.41) is 9.71. The van der Waals surface area contributed by atoms with Crippen LogP contribution in [0.3, 0.4) is 0 Å². The smallest absolute Gasteiger partial charge is 0.0690 e. The van der Waals surface area contributed by atoms with E-state index in [9.17, 15) is 5.11 Å². The van der Waals surface area contributed by atoms with E-state index in [1.54, 1.807) is 0 Å². The zero-order valence-electron chi connectivity index (χ0n) is 8.86. The highest BCUT2D eigenvalue weighted by Gasteiger charge is 2.22. The van der Waals surface area contributed by atoms with Crippen molar-refractivity contribution in [3.8, 4) is 0 Å². The second-order valence-electron chi connectivity index (χ2n) is 4.23. The second kappa shape index (κ2) is 4.94. The third-order valence-electron chi connectivity index (χ3n) is 2.70. The number of morpholine rings is 1. The molecule has 3 nitrogen and oxygen atoms in total. The Bertz CT molecular complexity index is 150. The molecule has 0 aromatic carbocycles. The minimum atomic E-state index is -0.208. The Morgan fingerprint density at radius 2 is 2.23 bits per heavy atom. The van der Waals surface area contributed by atoms with Crippen LogP contribution in [0.25, 0.3) is 0 Å². The summed E-state index contributed by atoms with van der Waals surface area (Å²) in [5.74, 6) is 0.343. The highest BCUT2D eigenvalue weighted by Crippen LogP contribution is 2.10. The molecule has 0 amide bonds. The zero-order valence-corrected chi connectivity index (χ0v) is 8.86. The molecule has 0 saturated carbocycles. The Hall–Kier alpha value is -0.120. The van der Waals surface area contributed by atoms with Gasteiger partial charge in [-0.2, -0.15) is 0 Å². The van der Waals surface area contributed by atoms with E-state index in [0.717, 1.165) is 26.3 Å². The first kappa shape index (κ1) is 11.0. The predicted molar refractivity (Wildman–Crippen MR) is 52.7 cm³/mol. The first-order valence-electron chi connectivity index (χ1n) is 5.11. The molecule has 1 fully saturated rings. The minimum Gasteiger partial charge on any atom is -0.392 e. The van der Waals surface area contributed by atoms with Crippen molar-refractivity contribution in [3.63, 3.8) is 0 Å². The molecule has 1 heterocycles. The lowest BCUT2D eigenvalue weighted by Crippen LogP contribution is -2.47. The molecule has 0 spiro atoms. The van der Waals surface area contributed by atoms with Crippen LogP contribution in [0.5, 0.6) is 0 Å². The first-order chi connectivity index (χ1) is 6.11. The normalized spacial score (nSPS) is 27.9. The summed E-state index contributed by atoms with van der Waals surface area (Å²) in [5.41, 5.74) is 0. The van der Waals surface area contributed by atoms with Crippen molar-refractivity contribution in [3.05, 3.63) is 0 Å². The Morgan fingerprint density at radius 1 is 1.54 bits per heavy atom. The molecule has 78 valence electrons. The van der Waals surface area contributed by atoms with Crippen molar-refractivity contribution in [2.45, 2.75) is 32.9 Å². The van der Waals surface area contributed by atoms with Crippen LogP contribution in [0.1, 0.15) is 20.8 Å². The Morgan fingerprint density at radius 3 is 2.77 bits per heavy atom. The average molecular weight is 187 g/mol. The lowest BCUT2D eigenvalue weighted by atomic mass is 10.1. The molecule has 0 aromatic rings. The molecule has 0 aromatic heterocycles. The third kappa shape index (κ3) is 3.25. The van der Waals surface area contributed by atoms with Gasteiger partial charge < -0.3 is 9.84 Å². The SMILES string of the molecule is CC(C)C(O)CN1CCOC[C@H]1C. The van der Waals surface area contributed by atoms with Crippen molar-refractivity contribution in [1.82, 2.24) is 4.90 Å². The van der Waals surface area contributed by atoms with Crippen LogP contribution in [-0.2, 0) is 4.74 Å². The number of hydrogen-bond acceptors (Lipinski definition) is 3. The van der Waals surface area contributed by atoms with Gasteiger partial charge in [-0.3, -0.25) is 4.90 Å². The summed E-state index contributed by atoms with van der Waals surface area (Å²) in [6, 6.07) is 0.446. The van der Waals surface area contributed by atoms with Gasteiger partial charge in [-0.25, -0.2) is 0 Å². The molecule has 1 N–H and O–H groups in total. The highest BCUT2D eigenvalue weighted by molar-refractivity contribution is 4.75. The van der Waals surface area contributed by atoms with E-state index >= 15 is 0 Å². The molecule has 1 aliphatic heterocycles. The maximum atomic E-state index is 9.71. The van der Waals surface area contributed by atoms with Crippen molar-refractivity contribution >= 4 is 0 Å². The molecule has 3 heteroatoms. The van der Waals surface area contributed by atoms with Gasteiger partial charge in [0, 0.05) is 19.1 Å². The predicted octanol–water partition coefficient (Wildman–Crippen LogP) is 0.724. The van der Waals surface area contributed by atoms with Gasteiger partial charge in [0.15, 0.2) is 0 Å². The fraction of sp³-hybridized carbons (Fsp3) is 1.00. The van der Waals surface area contributed by atoms with Crippen LogP contribution in [0.2, 0.25) is 0 Å². The summed E-state index contributed by atoms with van der Waals surface area (Å²) in [6.07, 6.45) is -0.208. The monoisotopic (exact) mass is 187 g/mol. The maximum Gasteiger partial charge on any atom is 0.0690 e. The number of aliphatic hydroxyl groups excluding tert-OH is 1. The van der Waals surface area contributed by atoms with Crippen LogP contribution >= 0.6 is 0 Å². The van der Waals surface area contributed by atoms with E-state index in [1.165, 1.54) is 0 Å². The van der Waals surface area contributed by atoms with Gasteiger partial charge in [-0.15, -0.1) is 0 Å². The zero-order chi connectivity index (χ0) is 9.84. The molecular formula is C10H21NO2. The first-order valence-corrected chi connectivity index (χ1v) is 5.11. The summed E-state index contributed by atoms with van der Waals surface area (Å²) in [6.45, 7) is 9.57. The number of aliphatic hydroxyl groups is 1. The summed E-state index contributed by atoms with van der Waals surface area (Å²) in [7, 11) is 0. The van der Waals surface area contributed by atoms with Gasteiger partial charge in [0.2, 0.25) is 0 Å². The molecule has 1 aliphatic rings. The summed E-state index contributed by atoms with van der Waals surface area (Å²) >= 11 is 0. The summed E-state index contributed by atoms with van der Waals surface area (Å²) in [4.78, 5) is 2.30. The van der Waals surface area contributed by atoms with Gasteiger partial charge in [0.1, 0.15) is 0 Å². The number of β-amino-alcohol motifs (C(OH)–C–C–N with tert-alkyl or cyclic N) is 1. The number of nitrogens with zero attached hydrogens (tertiary/aromatic N) is 1. The van der Waals surface area contributed by atoms with E-state index in [4.69, 9.17) is 4.74 Å². The van der Waals surface area contributed by atoms with E-state index < -0.39 is 0 Å². The van der Waals surface area contributed by atoms with Crippen LogP contribution in [0.15, 0.2) is 0 Å². The van der Waals surface area contributed by atoms with Gasteiger partial charge >= 0.3 is 0 Å². The fourth-order valence-electron chi connectivity index (χ4n) is 1.48. The molecule has 0 aliphatic carbocycles. The van der Waals surface area contributed by atoms with Crippen molar-refractivity contribution in [2.24, 2.45) is 5.92 Å². The Balaban J connectivity index is 2.33. The number of rotatable bonds is 3. The van der Waals surface area contributed by atoms with Gasteiger partial charge in [0.05, 0.1) is 19.3 Å². The lowest BCUT2D eigenvalue weighted by Gasteiger charge is -2.35. The van der Waals surface area contributed by atoms with Crippen LogP contribution in [-0.4, -0.2) is 48.5 Å². The average Bonchev–Trinajstić information content (AvgIpc) is 2.08. The van der Waals surface area contributed by atoms with Gasteiger partial charge in [-0.05, 0) is 12.8 Å². The molecule has 1 saturated heterocycles. The Kier molecular flexibility index (Phi) is 4.16. The molecule has 2 atom stereocenters. The van der Waals surface area contributed by atoms with Crippen LogP contribution in [0.4, 0.5) is 0 Å². The largest absolute Gasteiger partial charge is 0.392 e. The molecule has 1 unspecified atom stereocenters. The molecule has 0 bridgehead atoms. The van der Waals surface area contributed by atoms with Crippen molar-refractivity contribution in [1.29, 1.82) is 0 Å². The van der Waals surface area contributed by atoms with E-state index in [0.29, 0.717) is 12.0 Å². The Labute approximate surface area is 80.7 Å². The molecular weight excluding hydrogens is 166 g/mol. The summed E-state index contributed by atoms with van der Waals surface area (Å²) < 4.78 is 5.33. The molecule has 0 radical (unpaired) electrons. The number of ether oxygens (including phenoxy) is 1. The number of hydrogen-bond donors (Lipinski definition) is 1. The second-order valence-corrected chi connectivity index (χ2v) is 4.23. The van der Waals surface area contributed by atoms with Crippen LogP contribution < -0.4 is 0 Å². The standard InChI is InChI=1S/C10H21NO2/c1-8(2)10(12)6-11-4-5-13-7-9(11)3/h8-10,12H,4-7H2,1-3H3/t9-,10?/m1/s1. The highest BCUT2D eigenvalue weighted by atomic mass is 16.5. The topological polar surface area (TPSA) is 32.7 Å². The third-order valence-corrected chi connectivity index (χ3v) is 2.70. The lowest BCUT2D eigenvalue weighted by molar-refractivity contribution is -0.0270. The molecule has 13 heavy (non-hydrogen) atoms. The fourth-order valence-corrected chi connectivity index (χ4v) is 1.48. The van der Waals surface area contributed by atoms with E-state index in [1.807, 2.05) is 0 Å². The van der Waals surface area contributed by atoms with E-state index in [2.05, 4.69) is 25.7 Å². The van der Waals surface area contributed by atoms with Crippen molar-refractivity contribution < 1.29 is 9.84 Å². The van der Waals surface area contributed by atoms with Crippen LogP contribution in [0, 0.1) is 5.92 Å². The van der Waals surface area contributed by atoms with Gasteiger partial charge in [-0.1, -0.05) is 13.8 Å². The molecule has 1 rings (SSSR count).